The molecule has 2 fully saturated rings. The number of hydrogen-bond donors (Lipinski definition) is 0. The molecule has 0 spiro atoms. The third-order valence-corrected chi connectivity index (χ3v) is 6.98. The molecule has 0 radical (unpaired) electrons. The molecule has 0 aromatic heterocycles. The fraction of sp³-hybridized carbons (Fsp3) is 1.00. The minimum atomic E-state index is 0.635. The topological polar surface area (TPSA) is 0 Å². The molecule has 0 aromatic rings. The molecule has 0 aliphatic heterocycles. The first kappa shape index (κ1) is 16.4. The van der Waals surface area contributed by atoms with E-state index in [0.717, 1.165) is 23.7 Å². The zero-order chi connectivity index (χ0) is 14.6. The minimum Gasteiger partial charge on any atom is -0.0651 e. The SMILES string of the molecule is CCC1CC(C)CCCC1(C)C1CCCCCCC1C. The van der Waals surface area contributed by atoms with E-state index in [0.29, 0.717) is 5.41 Å². The quantitative estimate of drug-likeness (QED) is 0.485. The maximum absolute atomic E-state index is 2.68. The van der Waals surface area contributed by atoms with Crippen molar-refractivity contribution in [2.75, 3.05) is 0 Å². The van der Waals surface area contributed by atoms with Crippen molar-refractivity contribution >= 4 is 0 Å². The van der Waals surface area contributed by atoms with Crippen molar-refractivity contribution in [2.45, 2.75) is 98.3 Å². The summed E-state index contributed by atoms with van der Waals surface area (Å²) in [5.41, 5.74) is 0.635. The lowest BCUT2D eigenvalue weighted by Gasteiger charge is -2.47. The Morgan fingerprint density at radius 2 is 1.60 bits per heavy atom. The van der Waals surface area contributed by atoms with Gasteiger partial charge >= 0.3 is 0 Å². The van der Waals surface area contributed by atoms with Crippen LogP contribution in [-0.2, 0) is 0 Å². The van der Waals surface area contributed by atoms with Crippen molar-refractivity contribution in [3.63, 3.8) is 0 Å². The van der Waals surface area contributed by atoms with Crippen LogP contribution in [-0.4, -0.2) is 0 Å². The molecule has 0 aromatic carbocycles. The molecule has 0 saturated heterocycles. The summed E-state index contributed by atoms with van der Waals surface area (Å²) in [6.45, 7) is 10.2. The van der Waals surface area contributed by atoms with Gasteiger partial charge < -0.3 is 0 Å². The third-order valence-electron chi connectivity index (χ3n) is 6.98. The molecule has 2 aliphatic carbocycles. The van der Waals surface area contributed by atoms with Gasteiger partial charge in [-0.15, -0.1) is 0 Å². The molecular weight excluding hydrogens is 240 g/mol. The molecule has 0 amide bonds. The first-order chi connectivity index (χ1) is 9.58. The monoisotopic (exact) mass is 278 g/mol. The Morgan fingerprint density at radius 1 is 0.900 bits per heavy atom. The van der Waals surface area contributed by atoms with Gasteiger partial charge in [0.25, 0.3) is 0 Å². The van der Waals surface area contributed by atoms with E-state index < -0.39 is 0 Å². The Hall–Kier alpha value is 0. The molecule has 2 saturated carbocycles. The van der Waals surface area contributed by atoms with Crippen molar-refractivity contribution in [1.29, 1.82) is 0 Å². The van der Waals surface area contributed by atoms with Crippen LogP contribution < -0.4 is 0 Å². The number of hydrogen-bond acceptors (Lipinski definition) is 0. The zero-order valence-corrected chi connectivity index (χ0v) is 14.6. The predicted octanol–water partition coefficient (Wildman–Crippen LogP) is 6.84. The summed E-state index contributed by atoms with van der Waals surface area (Å²) in [6, 6.07) is 0. The first-order valence-corrected chi connectivity index (χ1v) is 9.58. The van der Waals surface area contributed by atoms with Crippen LogP contribution >= 0.6 is 0 Å². The van der Waals surface area contributed by atoms with Crippen LogP contribution in [0.5, 0.6) is 0 Å². The molecule has 20 heavy (non-hydrogen) atoms. The van der Waals surface area contributed by atoms with Crippen LogP contribution in [0.2, 0.25) is 0 Å². The smallest absolute Gasteiger partial charge is 0.0267 e. The highest BCUT2D eigenvalue weighted by Gasteiger charge is 2.43. The molecular formula is C20H38. The normalized spacial score (nSPS) is 44.4. The lowest BCUT2D eigenvalue weighted by atomic mass is 9.58. The average Bonchev–Trinajstić information content (AvgIpc) is 2.53. The predicted molar refractivity (Wildman–Crippen MR) is 89.9 cm³/mol. The summed E-state index contributed by atoms with van der Waals surface area (Å²) in [5, 5.41) is 0. The van der Waals surface area contributed by atoms with Crippen molar-refractivity contribution in [3.8, 4) is 0 Å². The van der Waals surface area contributed by atoms with Gasteiger partial charge in [0.15, 0.2) is 0 Å². The highest BCUT2D eigenvalue weighted by atomic mass is 14.5. The van der Waals surface area contributed by atoms with Crippen LogP contribution in [0.15, 0.2) is 0 Å². The Labute approximate surface area is 128 Å². The summed E-state index contributed by atoms with van der Waals surface area (Å²) in [5.74, 6) is 3.90. The Bertz CT molecular complexity index is 282. The first-order valence-electron chi connectivity index (χ1n) is 9.58. The van der Waals surface area contributed by atoms with E-state index in [-0.39, 0.29) is 0 Å². The Morgan fingerprint density at radius 3 is 2.30 bits per heavy atom. The van der Waals surface area contributed by atoms with E-state index in [9.17, 15) is 0 Å². The van der Waals surface area contributed by atoms with Crippen LogP contribution in [0.25, 0.3) is 0 Å². The maximum Gasteiger partial charge on any atom is -0.0267 e. The summed E-state index contributed by atoms with van der Waals surface area (Å²) >= 11 is 0. The summed E-state index contributed by atoms with van der Waals surface area (Å²) in [4.78, 5) is 0. The third kappa shape index (κ3) is 3.60. The van der Waals surface area contributed by atoms with Crippen LogP contribution in [0.4, 0.5) is 0 Å². The second-order valence-electron chi connectivity index (χ2n) is 8.42. The highest BCUT2D eigenvalue weighted by molar-refractivity contribution is 4.93. The van der Waals surface area contributed by atoms with Gasteiger partial charge in [-0.1, -0.05) is 79.1 Å². The van der Waals surface area contributed by atoms with Crippen LogP contribution in [0, 0.1) is 29.1 Å². The van der Waals surface area contributed by atoms with Gasteiger partial charge in [-0.25, -0.2) is 0 Å². The molecule has 118 valence electrons. The lowest BCUT2D eigenvalue weighted by molar-refractivity contribution is 0.0253. The maximum atomic E-state index is 2.68. The lowest BCUT2D eigenvalue weighted by Crippen LogP contribution is -2.39. The molecule has 2 aliphatic rings. The largest absolute Gasteiger partial charge is 0.0651 e. The van der Waals surface area contributed by atoms with Gasteiger partial charge in [0, 0.05) is 0 Å². The van der Waals surface area contributed by atoms with E-state index in [1.165, 1.54) is 70.6 Å². The van der Waals surface area contributed by atoms with Crippen LogP contribution in [0.3, 0.4) is 0 Å². The van der Waals surface area contributed by atoms with E-state index in [1.807, 2.05) is 0 Å². The highest BCUT2D eigenvalue weighted by Crippen LogP contribution is 2.53. The van der Waals surface area contributed by atoms with E-state index in [4.69, 9.17) is 0 Å². The molecule has 5 unspecified atom stereocenters. The summed E-state index contributed by atoms with van der Waals surface area (Å²) < 4.78 is 0. The molecule has 5 atom stereocenters. The van der Waals surface area contributed by atoms with Gasteiger partial charge in [0.05, 0.1) is 0 Å². The molecule has 0 heteroatoms. The van der Waals surface area contributed by atoms with E-state index in [2.05, 4.69) is 27.7 Å². The van der Waals surface area contributed by atoms with Gasteiger partial charge in [-0.05, 0) is 48.3 Å². The van der Waals surface area contributed by atoms with Crippen molar-refractivity contribution in [1.82, 2.24) is 0 Å². The van der Waals surface area contributed by atoms with Crippen molar-refractivity contribution in [2.24, 2.45) is 29.1 Å². The van der Waals surface area contributed by atoms with Gasteiger partial charge in [0.1, 0.15) is 0 Å². The standard InChI is InChI=1S/C20H38/c1-5-18-15-16(2)11-10-14-20(18,4)19-13-9-7-6-8-12-17(19)3/h16-19H,5-15H2,1-4H3. The fourth-order valence-electron chi connectivity index (χ4n) is 5.68. The fourth-order valence-corrected chi connectivity index (χ4v) is 5.68. The molecule has 0 nitrogen and oxygen atoms in total. The van der Waals surface area contributed by atoms with Crippen LogP contribution in [0.1, 0.15) is 98.3 Å². The van der Waals surface area contributed by atoms with Gasteiger partial charge in [-0.3, -0.25) is 0 Å². The molecule has 0 bridgehead atoms. The van der Waals surface area contributed by atoms with Gasteiger partial charge in [0.2, 0.25) is 0 Å². The second kappa shape index (κ2) is 7.32. The zero-order valence-electron chi connectivity index (χ0n) is 14.6. The molecule has 2 rings (SSSR count). The number of rotatable bonds is 2. The van der Waals surface area contributed by atoms with Gasteiger partial charge in [-0.2, -0.15) is 0 Å². The summed E-state index contributed by atoms with van der Waals surface area (Å²) in [6.07, 6.45) is 16.3. The summed E-state index contributed by atoms with van der Waals surface area (Å²) in [7, 11) is 0. The Balaban J connectivity index is 2.18. The second-order valence-corrected chi connectivity index (χ2v) is 8.42. The van der Waals surface area contributed by atoms with Crippen molar-refractivity contribution < 1.29 is 0 Å². The minimum absolute atomic E-state index is 0.635. The molecule has 0 heterocycles. The Kier molecular flexibility index (Phi) is 5.99. The van der Waals surface area contributed by atoms with E-state index >= 15 is 0 Å². The van der Waals surface area contributed by atoms with E-state index in [1.54, 1.807) is 0 Å². The molecule has 0 N–H and O–H groups in total. The van der Waals surface area contributed by atoms with Crippen molar-refractivity contribution in [3.05, 3.63) is 0 Å². The average molecular weight is 279 g/mol.